The molecule has 1 saturated carbocycles. The molecule has 1 aliphatic rings. The molecule has 0 aromatic carbocycles. The van der Waals surface area contributed by atoms with Crippen LogP contribution in [-0.4, -0.2) is 19.0 Å². The van der Waals surface area contributed by atoms with Gasteiger partial charge in [-0.2, -0.15) is 0 Å². The summed E-state index contributed by atoms with van der Waals surface area (Å²) in [6.07, 6.45) is 7.78. The van der Waals surface area contributed by atoms with Crippen LogP contribution in [-0.2, 0) is 9.53 Å². The summed E-state index contributed by atoms with van der Waals surface area (Å²) in [4.78, 5) is 12.7. The standard InChI is InChI=1S/C18H34O2/c1-6-8-9-15(7-2)12-16(19)18(20-5)17-13(3)10-11-14(17)4/h13-15,17-18H,6-12H2,1-5H3. The molecule has 2 nitrogen and oxygen atoms in total. The molecule has 0 aromatic rings. The van der Waals surface area contributed by atoms with Crippen LogP contribution in [0, 0.1) is 23.7 Å². The quantitative estimate of drug-likeness (QED) is 0.603. The highest BCUT2D eigenvalue weighted by molar-refractivity contribution is 5.83. The number of ether oxygens (including phenoxy) is 1. The minimum Gasteiger partial charge on any atom is -0.373 e. The lowest BCUT2D eigenvalue weighted by Gasteiger charge is -2.29. The van der Waals surface area contributed by atoms with E-state index in [2.05, 4.69) is 27.7 Å². The highest BCUT2D eigenvalue weighted by atomic mass is 16.5. The third kappa shape index (κ3) is 4.58. The molecule has 118 valence electrons. The Bertz CT molecular complexity index is 277. The van der Waals surface area contributed by atoms with E-state index in [0.717, 1.165) is 6.42 Å². The Morgan fingerprint density at radius 1 is 1.20 bits per heavy atom. The number of carbonyl (C=O) groups is 1. The summed E-state index contributed by atoms with van der Waals surface area (Å²) in [6.45, 7) is 8.98. The maximum absolute atomic E-state index is 12.7. The number of hydrogen-bond donors (Lipinski definition) is 0. The van der Waals surface area contributed by atoms with E-state index in [0.29, 0.717) is 35.9 Å². The topological polar surface area (TPSA) is 26.3 Å². The highest BCUT2D eigenvalue weighted by Crippen LogP contribution is 2.40. The largest absolute Gasteiger partial charge is 0.373 e. The molecule has 1 rings (SSSR count). The van der Waals surface area contributed by atoms with Crippen LogP contribution in [0.5, 0.6) is 0 Å². The SMILES string of the molecule is CCCCC(CC)CC(=O)C(OC)C1C(C)CCC1C. The van der Waals surface area contributed by atoms with Gasteiger partial charge in [-0.1, -0.05) is 66.2 Å². The third-order valence-corrected chi connectivity index (χ3v) is 5.35. The number of carbonyl (C=O) groups excluding carboxylic acids is 1. The van der Waals surface area contributed by atoms with Gasteiger partial charge in [0.25, 0.3) is 0 Å². The van der Waals surface area contributed by atoms with Gasteiger partial charge in [0.1, 0.15) is 6.10 Å². The molecule has 0 heterocycles. The highest BCUT2D eigenvalue weighted by Gasteiger charge is 2.40. The van der Waals surface area contributed by atoms with E-state index in [1.165, 1.54) is 32.1 Å². The minimum atomic E-state index is -0.168. The van der Waals surface area contributed by atoms with Gasteiger partial charge >= 0.3 is 0 Å². The lowest BCUT2D eigenvalue weighted by atomic mass is 9.81. The van der Waals surface area contributed by atoms with Crippen LogP contribution in [0.2, 0.25) is 0 Å². The lowest BCUT2D eigenvalue weighted by Crippen LogP contribution is -2.36. The van der Waals surface area contributed by atoms with Crippen molar-refractivity contribution in [1.29, 1.82) is 0 Å². The van der Waals surface area contributed by atoms with E-state index < -0.39 is 0 Å². The average Bonchev–Trinajstić information content (AvgIpc) is 2.76. The van der Waals surface area contributed by atoms with Crippen molar-refractivity contribution < 1.29 is 9.53 Å². The second kappa shape index (κ2) is 8.81. The zero-order valence-corrected chi connectivity index (χ0v) is 14.2. The predicted molar refractivity (Wildman–Crippen MR) is 84.8 cm³/mol. The van der Waals surface area contributed by atoms with Crippen LogP contribution in [0.3, 0.4) is 0 Å². The van der Waals surface area contributed by atoms with Gasteiger partial charge < -0.3 is 4.74 Å². The molecule has 4 unspecified atom stereocenters. The average molecular weight is 282 g/mol. The molecule has 20 heavy (non-hydrogen) atoms. The summed E-state index contributed by atoms with van der Waals surface area (Å²) < 4.78 is 5.64. The summed E-state index contributed by atoms with van der Waals surface area (Å²) in [6, 6.07) is 0. The van der Waals surface area contributed by atoms with Gasteiger partial charge in [-0.15, -0.1) is 0 Å². The Hall–Kier alpha value is -0.370. The van der Waals surface area contributed by atoms with Gasteiger partial charge in [-0.05, 0) is 23.7 Å². The molecule has 1 fully saturated rings. The van der Waals surface area contributed by atoms with Crippen molar-refractivity contribution in [2.24, 2.45) is 23.7 Å². The molecule has 0 saturated heterocycles. The Morgan fingerprint density at radius 2 is 1.80 bits per heavy atom. The molecule has 0 spiro atoms. The van der Waals surface area contributed by atoms with E-state index in [9.17, 15) is 4.79 Å². The van der Waals surface area contributed by atoms with Crippen molar-refractivity contribution in [2.75, 3.05) is 7.11 Å². The smallest absolute Gasteiger partial charge is 0.162 e. The maximum atomic E-state index is 12.7. The number of Topliss-reactive ketones (excluding diaryl/α,β-unsaturated/α-hetero) is 1. The summed E-state index contributed by atoms with van der Waals surface area (Å²) in [7, 11) is 1.72. The molecular weight excluding hydrogens is 248 g/mol. The minimum absolute atomic E-state index is 0.168. The number of hydrogen-bond acceptors (Lipinski definition) is 2. The van der Waals surface area contributed by atoms with Crippen LogP contribution in [0.1, 0.15) is 72.6 Å². The van der Waals surface area contributed by atoms with Crippen molar-refractivity contribution in [3.63, 3.8) is 0 Å². The van der Waals surface area contributed by atoms with Crippen LogP contribution in [0.15, 0.2) is 0 Å². The fraction of sp³-hybridized carbons (Fsp3) is 0.944. The van der Waals surface area contributed by atoms with Crippen LogP contribution in [0.4, 0.5) is 0 Å². The lowest BCUT2D eigenvalue weighted by molar-refractivity contribution is -0.135. The Labute approximate surface area is 125 Å². The summed E-state index contributed by atoms with van der Waals surface area (Å²) >= 11 is 0. The second-order valence-electron chi connectivity index (χ2n) is 6.85. The van der Waals surface area contributed by atoms with Crippen molar-refractivity contribution in [3.05, 3.63) is 0 Å². The molecule has 4 atom stereocenters. The maximum Gasteiger partial charge on any atom is 0.162 e. The first-order valence-electron chi connectivity index (χ1n) is 8.60. The van der Waals surface area contributed by atoms with Crippen molar-refractivity contribution in [2.45, 2.75) is 78.7 Å². The fourth-order valence-corrected chi connectivity index (χ4v) is 3.92. The first-order valence-corrected chi connectivity index (χ1v) is 8.60. The first-order chi connectivity index (χ1) is 9.54. The van der Waals surface area contributed by atoms with Crippen molar-refractivity contribution in [1.82, 2.24) is 0 Å². The second-order valence-corrected chi connectivity index (χ2v) is 6.85. The van der Waals surface area contributed by atoms with Gasteiger partial charge in [-0.25, -0.2) is 0 Å². The predicted octanol–water partition coefficient (Wildman–Crippen LogP) is 4.86. The zero-order chi connectivity index (χ0) is 15.1. The van der Waals surface area contributed by atoms with Crippen molar-refractivity contribution in [3.8, 4) is 0 Å². The molecule has 1 aliphatic carbocycles. The molecule has 0 radical (unpaired) electrons. The van der Waals surface area contributed by atoms with Gasteiger partial charge in [0, 0.05) is 13.5 Å². The molecule has 0 aliphatic heterocycles. The zero-order valence-electron chi connectivity index (χ0n) is 14.2. The summed E-state index contributed by atoms with van der Waals surface area (Å²) in [5.41, 5.74) is 0. The third-order valence-electron chi connectivity index (χ3n) is 5.35. The van der Waals surface area contributed by atoms with Gasteiger partial charge in [0.05, 0.1) is 0 Å². The number of ketones is 1. The van der Waals surface area contributed by atoms with Crippen molar-refractivity contribution >= 4 is 5.78 Å². The number of methoxy groups -OCH3 is 1. The summed E-state index contributed by atoms with van der Waals surface area (Å²) in [5, 5.41) is 0. The molecule has 2 heteroatoms. The van der Waals surface area contributed by atoms with E-state index >= 15 is 0 Å². The van der Waals surface area contributed by atoms with Gasteiger partial charge in [0.2, 0.25) is 0 Å². The molecule has 0 bridgehead atoms. The number of unbranched alkanes of at least 4 members (excludes halogenated alkanes) is 1. The fourth-order valence-electron chi connectivity index (χ4n) is 3.92. The monoisotopic (exact) mass is 282 g/mol. The van der Waals surface area contributed by atoms with E-state index in [1.807, 2.05) is 0 Å². The molecule has 0 amide bonds. The summed E-state index contributed by atoms with van der Waals surface area (Å²) in [5.74, 6) is 2.56. The van der Waals surface area contributed by atoms with E-state index in [-0.39, 0.29) is 6.10 Å². The van der Waals surface area contributed by atoms with Crippen LogP contribution in [0.25, 0.3) is 0 Å². The van der Waals surface area contributed by atoms with E-state index in [1.54, 1.807) is 7.11 Å². The molecular formula is C18H34O2. The molecule has 0 N–H and O–H groups in total. The normalized spacial score (nSPS) is 29.4. The van der Waals surface area contributed by atoms with Gasteiger partial charge in [0.15, 0.2) is 5.78 Å². The Kier molecular flexibility index (Phi) is 7.79. The van der Waals surface area contributed by atoms with E-state index in [4.69, 9.17) is 4.74 Å². The molecule has 0 aromatic heterocycles. The Morgan fingerprint density at radius 3 is 2.25 bits per heavy atom. The van der Waals surface area contributed by atoms with Crippen LogP contribution < -0.4 is 0 Å². The van der Waals surface area contributed by atoms with Gasteiger partial charge in [-0.3, -0.25) is 4.79 Å². The first kappa shape index (κ1) is 17.7. The Balaban J connectivity index is 2.62. The van der Waals surface area contributed by atoms with Crippen LogP contribution >= 0.6 is 0 Å². The number of rotatable bonds is 9.